The van der Waals surface area contributed by atoms with Crippen LogP contribution in [0.4, 0.5) is 0 Å². The first-order valence-electron chi connectivity index (χ1n) is 4.19. The molecule has 1 fully saturated rings. The highest BCUT2D eigenvalue weighted by Gasteiger charge is 2.24. The summed E-state index contributed by atoms with van der Waals surface area (Å²) in [6.07, 6.45) is 3.05. The van der Waals surface area contributed by atoms with Crippen molar-refractivity contribution < 1.29 is 14.7 Å². The van der Waals surface area contributed by atoms with Gasteiger partial charge in [0.2, 0.25) is 5.91 Å². The van der Waals surface area contributed by atoms with Gasteiger partial charge in [0.1, 0.15) is 0 Å². The smallest absolute Gasteiger partial charge is 0.305 e. The molecule has 12 heavy (non-hydrogen) atoms. The number of carboxylic acid groups (broad SMARTS) is 1. The second-order valence-corrected chi connectivity index (χ2v) is 3.06. The van der Waals surface area contributed by atoms with Gasteiger partial charge in [-0.1, -0.05) is 6.42 Å². The van der Waals surface area contributed by atoms with Crippen molar-refractivity contribution in [2.45, 2.75) is 25.7 Å². The molecule has 1 aliphatic rings. The van der Waals surface area contributed by atoms with Crippen LogP contribution in [0.1, 0.15) is 25.7 Å². The zero-order chi connectivity index (χ0) is 8.97. The highest BCUT2D eigenvalue weighted by atomic mass is 16.4. The second kappa shape index (κ2) is 4.09. The number of hydrogen-bond acceptors (Lipinski definition) is 2. The van der Waals surface area contributed by atoms with Gasteiger partial charge < -0.3 is 10.4 Å². The molecular formula is C8H13NO3. The lowest BCUT2D eigenvalue weighted by molar-refractivity contribution is -0.137. The SMILES string of the molecule is O=C(O)CCNC(=O)C1CCC1. The van der Waals surface area contributed by atoms with Crippen LogP contribution in [-0.2, 0) is 9.59 Å². The first-order chi connectivity index (χ1) is 5.70. The largest absolute Gasteiger partial charge is 0.481 e. The molecule has 0 radical (unpaired) electrons. The Balaban J connectivity index is 2.05. The summed E-state index contributed by atoms with van der Waals surface area (Å²) in [7, 11) is 0. The van der Waals surface area contributed by atoms with Crippen molar-refractivity contribution in [3.8, 4) is 0 Å². The Morgan fingerprint density at radius 1 is 1.42 bits per heavy atom. The van der Waals surface area contributed by atoms with E-state index in [1.54, 1.807) is 0 Å². The number of amides is 1. The maximum atomic E-state index is 11.1. The lowest BCUT2D eigenvalue weighted by atomic mass is 9.85. The lowest BCUT2D eigenvalue weighted by Gasteiger charge is -2.23. The van der Waals surface area contributed by atoms with Gasteiger partial charge in [0.25, 0.3) is 0 Å². The van der Waals surface area contributed by atoms with E-state index < -0.39 is 5.97 Å². The van der Waals surface area contributed by atoms with Crippen LogP contribution in [0.3, 0.4) is 0 Å². The number of carbonyl (C=O) groups is 2. The van der Waals surface area contributed by atoms with Crippen molar-refractivity contribution in [3.05, 3.63) is 0 Å². The Labute approximate surface area is 71.0 Å². The molecule has 1 aliphatic carbocycles. The van der Waals surface area contributed by atoms with Crippen LogP contribution >= 0.6 is 0 Å². The minimum Gasteiger partial charge on any atom is -0.481 e. The molecule has 0 aromatic rings. The van der Waals surface area contributed by atoms with Crippen LogP contribution in [-0.4, -0.2) is 23.5 Å². The predicted octanol–water partition coefficient (Wildman–Crippen LogP) is 0.377. The van der Waals surface area contributed by atoms with Crippen molar-refractivity contribution >= 4 is 11.9 Å². The van der Waals surface area contributed by atoms with E-state index in [1.807, 2.05) is 0 Å². The summed E-state index contributed by atoms with van der Waals surface area (Å²) in [6.45, 7) is 0.255. The van der Waals surface area contributed by atoms with Gasteiger partial charge in [0.15, 0.2) is 0 Å². The van der Waals surface area contributed by atoms with Crippen molar-refractivity contribution in [2.24, 2.45) is 5.92 Å². The second-order valence-electron chi connectivity index (χ2n) is 3.06. The van der Waals surface area contributed by atoms with Crippen LogP contribution in [0, 0.1) is 5.92 Å². The molecule has 0 unspecified atom stereocenters. The quantitative estimate of drug-likeness (QED) is 0.642. The zero-order valence-electron chi connectivity index (χ0n) is 6.88. The number of aliphatic carboxylic acids is 1. The van der Waals surface area contributed by atoms with Gasteiger partial charge in [-0.3, -0.25) is 9.59 Å². The molecule has 0 aromatic carbocycles. The summed E-state index contributed by atoms with van der Waals surface area (Å²) in [6, 6.07) is 0. The van der Waals surface area contributed by atoms with Gasteiger partial charge in [0, 0.05) is 12.5 Å². The molecule has 0 atom stereocenters. The Kier molecular flexibility index (Phi) is 3.08. The van der Waals surface area contributed by atoms with Gasteiger partial charge in [-0.05, 0) is 12.8 Å². The molecule has 0 saturated heterocycles. The fourth-order valence-corrected chi connectivity index (χ4v) is 1.11. The summed E-state index contributed by atoms with van der Waals surface area (Å²) in [5, 5.41) is 10.9. The summed E-state index contributed by atoms with van der Waals surface area (Å²) in [5.41, 5.74) is 0. The molecule has 0 bridgehead atoms. The summed E-state index contributed by atoms with van der Waals surface area (Å²) in [5.74, 6) is -0.704. The molecule has 0 heterocycles. The molecule has 4 heteroatoms. The van der Waals surface area contributed by atoms with E-state index >= 15 is 0 Å². The van der Waals surface area contributed by atoms with E-state index in [2.05, 4.69) is 5.32 Å². The van der Waals surface area contributed by atoms with Crippen LogP contribution in [0.5, 0.6) is 0 Å². The van der Waals surface area contributed by atoms with E-state index in [1.165, 1.54) is 0 Å². The minimum absolute atomic E-state index is 0.0124. The van der Waals surface area contributed by atoms with Gasteiger partial charge in [-0.2, -0.15) is 0 Å². The fraction of sp³-hybridized carbons (Fsp3) is 0.750. The molecule has 1 rings (SSSR count). The number of hydrogen-bond donors (Lipinski definition) is 2. The molecule has 68 valence electrons. The molecule has 0 aliphatic heterocycles. The van der Waals surface area contributed by atoms with Crippen LogP contribution in [0.15, 0.2) is 0 Å². The highest BCUT2D eigenvalue weighted by molar-refractivity contribution is 5.79. The van der Waals surface area contributed by atoms with Gasteiger partial charge in [-0.15, -0.1) is 0 Å². The van der Waals surface area contributed by atoms with Crippen molar-refractivity contribution in [2.75, 3.05) is 6.54 Å². The third-order valence-corrected chi connectivity index (χ3v) is 2.11. The maximum absolute atomic E-state index is 11.1. The molecule has 2 N–H and O–H groups in total. The van der Waals surface area contributed by atoms with E-state index in [4.69, 9.17) is 5.11 Å². The maximum Gasteiger partial charge on any atom is 0.305 e. The lowest BCUT2D eigenvalue weighted by Crippen LogP contribution is -2.35. The first kappa shape index (κ1) is 9.03. The molecule has 1 saturated carbocycles. The van der Waals surface area contributed by atoms with Crippen molar-refractivity contribution in [1.29, 1.82) is 0 Å². The first-order valence-corrected chi connectivity index (χ1v) is 4.19. The summed E-state index contributed by atoms with van der Waals surface area (Å²) >= 11 is 0. The van der Waals surface area contributed by atoms with Gasteiger partial charge >= 0.3 is 5.97 Å². The topological polar surface area (TPSA) is 66.4 Å². The Morgan fingerprint density at radius 3 is 2.50 bits per heavy atom. The Morgan fingerprint density at radius 2 is 2.08 bits per heavy atom. The molecular weight excluding hydrogens is 158 g/mol. The third kappa shape index (κ3) is 2.53. The van der Waals surface area contributed by atoms with Gasteiger partial charge in [0.05, 0.1) is 6.42 Å². The van der Waals surface area contributed by atoms with E-state index in [0.717, 1.165) is 19.3 Å². The van der Waals surface area contributed by atoms with Crippen molar-refractivity contribution in [3.63, 3.8) is 0 Å². The van der Waals surface area contributed by atoms with Crippen LogP contribution < -0.4 is 5.32 Å². The van der Waals surface area contributed by atoms with Gasteiger partial charge in [-0.25, -0.2) is 0 Å². The van der Waals surface area contributed by atoms with E-state index in [0.29, 0.717) is 0 Å². The van der Waals surface area contributed by atoms with Crippen LogP contribution in [0.25, 0.3) is 0 Å². The average molecular weight is 171 g/mol. The van der Waals surface area contributed by atoms with Crippen molar-refractivity contribution in [1.82, 2.24) is 5.32 Å². The number of rotatable bonds is 4. The normalized spacial score (nSPS) is 16.7. The highest BCUT2D eigenvalue weighted by Crippen LogP contribution is 2.25. The Hall–Kier alpha value is -1.06. The number of nitrogens with one attached hydrogen (secondary N) is 1. The molecule has 0 aromatic heterocycles. The molecule has 1 amide bonds. The zero-order valence-corrected chi connectivity index (χ0v) is 6.88. The predicted molar refractivity (Wildman–Crippen MR) is 42.6 cm³/mol. The fourth-order valence-electron chi connectivity index (χ4n) is 1.11. The van der Waals surface area contributed by atoms with E-state index in [-0.39, 0.29) is 24.8 Å². The van der Waals surface area contributed by atoms with Crippen LogP contribution in [0.2, 0.25) is 0 Å². The third-order valence-electron chi connectivity index (χ3n) is 2.11. The summed E-state index contributed by atoms with van der Waals surface area (Å²) < 4.78 is 0. The molecule has 4 nitrogen and oxygen atoms in total. The molecule has 0 spiro atoms. The Bertz CT molecular complexity index is 187. The monoisotopic (exact) mass is 171 g/mol. The minimum atomic E-state index is -0.871. The number of carbonyl (C=O) groups excluding carboxylic acids is 1. The number of carboxylic acids is 1. The summed E-state index contributed by atoms with van der Waals surface area (Å²) in [4.78, 5) is 21.2. The average Bonchev–Trinajstić information content (AvgIpc) is 1.81. The standard InChI is InChI=1S/C8H13NO3/c10-7(11)4-5-9-8(12)6-2-1-3-6/h6H,1-5H2,(H,9,12)(H,10,11). The van der Waals surface area contributed by atoms with E-state index in [9.17, 15) is 9.59 Å².